The van der Waals surface area contributed by atoms with Gasteiger partial charge in [-0.2, -0.15) is 0 Å². The number of hydrogen-bond donors (Lipinski definition) is 0. The highest BCUT2D eigenvalue weighted by molar-refractivity contribution is 6.30. The summed E-state index contributed by atoms with van der Waals surface area (Å²) >= 11 is 6.04. The van der Waals surface area contributed by atoms with Gasteiger partial charge in [-0.1, -0.05) is 69.7 Å². The summed E-state index contributed by atoms with van der Waals surface area (Å²) in [5, 5.41) is 0.858. The number of rotatable bonds is 5. The third-order valence-corrected chi connectivity index (χ3v) is 4.96. The van der Waals surface area contributed by atoms with Crippen LogP contribution in [0.4, 0.5) is 0 Å². The SMILES string of the molecule is CC(C)CCCC1(c2ccc(Cl)cc2)CCCCC1. The first-order chi connectivity index (χ1) is 9.12. The van der Waals surface area contributed by atoms with Crippen LogP contribution in [0.2, 0.25) is 5.02 Å². The molecule has 1 fully saturated rings. The van der Waals surface area contributed by atoms with E-state index in [1.807, 2.05) is 0 Å². The minimum atomic E-state index is 0.442. The van der Waals surface area contributed by atoms with Crippen LogP contribution in [0.1, 0.15) is 70.8 Å². The molecule has 0 aromatic heterocycles. The van der Waals surface area contributed by atoms with Gasteiger partial charge in [0.25, 0.3) is 0 Å². The molecule has 0 atom stereocenters. The predicted octanol–water partition coefficient (Wildman–Crippen LogP) is 6.37. The Kier molecular flexibility index (Phi) is 5.33. The first-order valence-electron chi connectivity index (χ1n) is 7.88. The summed E-state index contributed by atoms with van der Waals surface area (Å²) in [6, 6.07) is 8.66. The minimum Gasteiger partial charge on any atom is -0.0843 e. The van der Waals surface area contributed by atoms with Crippen molar-refractivity contribution in [1.82, 2.24) is 0 Å². The normalized spacial score (nSPS) is 18.7. The molecule has 0 heterocycles. The Labute approximate surface area is 123 Å². The van der Waals surface area contributed by atoms with Gasteiger partial charge in [0.1, 0.15) is 0 Å². The van der Waals surface area contributed by atoms with Gasteiger partial charge in [-0.15, -0.1) is 0 Å². The maximum Gasteiger partial charge on any atom is 0.0406 e. The maximum absolute atomic E-state index is 6.04. The third kappa shape index (κ3) is 3.99. The lowest BCUT2D eigenvalue weighted by Crippen LogP contribution is -2.29. The van der Waals surface area contributed by atoms with E-state index in [1.54, 1.807) is 0 Å². The Morgan fingerprint density at radius 2 is 1.68 bits per heavy atom. The van der Waals surface area contributed by atoms with E-state index in [2.05, 4.69) is 38.1 Å². The van der Waals surface area contributed by atoms with Crippen LogP contribution < -0.4 is 0 Å². The number of hydrogen-bond acceptors (Lipinski definition) is 0. The smallest absolute Gasteiger partial charge is 0.0406 e. The molecule has 1 aromatic carbocycles. The Balaban J connectivity index is 2.11. The van der Waals surface area contributed by atoms with Crippen LogP contribution in [0, 0.1) is 5.92 Å². The van der Waals surface area contributed by atoms with E-state index in [-0.39, 0.29) is 0 Å². The quantitative estimate of drug-likeness (QED) is 0.587. The lowest BCUT2D eigenvalue weighted by molar-refractivity contribution is 0.262. The van der Waals surface area contributed by atoms with Crippen LogP contribution in [0.5, 0.6) is 0 Å². The molecule has 0 aliphatic heterocycles. The van der Waals surface area contributed by atoms with Crippen LogP contribution in [0.15, 0.2) is 24.3 Å². The summed E-state index contributed by atoms with van der Waals surface area (Å²) in [5.41, 5.74) is 1.97. The summed E-state index contributed by atoms with van der Waals surface area (Å²) < 4.78 is 0. The summed E-state index contributed by atoms with van der Waals surface area (Å²) in [5.74, 6) is 0.825. The van der Waals surface area contributed by atoms with E-state index in [9.17, 15) is 0 Å². The molecule has 2 rings (SSSR count). The van der Waals surface area contributed by atoms with E-state index < -0.39 is 0 Å². The van der Waals surface area contributed by atoms with Crippen molar-refractivity contribution in [3.63, 3.8) is 0 Å². The summed E-state index contributed by atoms with van der Waals surface area (Å²) in [7, 11) is 0. The van der Waals surface area contributed by atoms with Crippen molar-refractivity contribution in [3.05, 3.63) is 34.9 Å². The Bertz CT molecular complexity index is 371. The van der Waals surface area contributed by atoms with Crippen molar-refractivity contribution in [2.24, 2.45) is 5.92 Å². The molecule has 19 heavy (non-hydrogen) atoms. The molecule has 0 N–H and O–H groups in total. The fraction of sp³-hybridized carbons (Fsp3) is 0.667. The predicted molar refractivity (Wildman–Crippen MR) is 84.9 cm³/mol. The van der Waals surface area contributed by atoms with Gasteiger partial charge in [0, 0.05) is 5.02 Å². The molecule has 0 bridgehead atoms. The second-order valence-corrected chi connectivity index (χ2v) is 7.07. The van der Waals surface area contributed by atoms with E-state index in [4.69, 9.17) is 11.6 Å². The Morgan fingerprint density at radius 1 is 1.05 bits per heavy atom. The molecule has 0 radical (unpaired) electrons. The van der Waals surface area contributed by atoms with Gasteiger partial charge in [0.15, 0.2) is 0 Å². The fourth-order valence-corrected chi connectivity index (χ4v) is 3.69. The lowest BCUT2D eigenvalue weighted by Gasteiger charge is -2.38. The molecule has 0 saturated heterocycles. The lowest BCUT2D eigenvalue weighted by atomic mass is 9.66. The van der Waals surface area contributed by atoms with Crippen molar-refractivity contribution in [2.75, 3.05) is 0 Å². The number of halogens is 1. The van der Waals surface area contributed by atoms with Gasteiger partial charge in [0.2, 0.25) is 0 Å². The van der Waals surface area contributed by atoms with Gasteiger partial charge in [0.05, 0.1) is 0 Å². The molecule has 0 amide bonds. The molecule has 1 aliphatic carbocycles. The molecule has 1 heteroatoms. The largest absolute Gasteiger partial charge is 0.0843 e. The highest BCUT2D eigenvalue weighted by Crippen LogP contribution is 2.43. The van der Waals surface area contributed by atoms with E-state index in [0.717, 1.165) is 10.9 Å². The van der Waals surface area contributed by atoms with Crippen LogP contribution in [0.3, 0.4) is 0 Å². The fourth-order valence-electron chi connectivity index (χ4n) is 3.56. The van der Waals surface area contributed by atoms with Gasteiger partial charge in [-0.25, -0.2) is 0 Å². The van der Waals surface area contributed by atoms with Crippen molar-refractivity contribution in [2.45, 2.75) is 70.6 Å². The van der Waals surface area contributed by atoms with Gasteiger partial charge in [-0.3, -0.25) is 0 Å². The molecular weight excluding hydrogens is 252 g/mol. The van der Waals surface area contributed by atoms with Crippen LogP contribution in [-0.2, 0) is 5.41 Å². The maximum atomic E-state index is 6.04. The molecule has 106 valence electrons. The minimum absolute atomic E-state index is 0.442. The van der Waals surface area contributed by atoms with E-state index in [0.29, 0.717) is 5.41 Å². The van der Waals surface area contributed by atoms with Crippen molar-refractivity contribution in [3.8, 4) is 0 Å². The average molecular weight is 279 g/mol. The Hall–Kier alpha value is -0.490. The molecule has 1 aromatic rings. The highest BCUT2D eigenvalue weighted by atomic mass is 35.5. The summed E-state index contributed by atoms with van der Waals surface area (Å²) in [6.07, 6.45) is 11.0. The van der Waals surface area contributed by atoms with E-state index >= 15 is 0 Å². The van der Waals surface area contributed by atoms with Gasteiger partial charge in [-0.05, 0) is 48.3 Å². The van der Waals surface area contributed by atoms with Crippen LogP contribution in [0.25, 0.3) is 0 Å². The summed E-state index contributed by atoms with van der Waals surface area (Å²) in [6.45, 7) is 4.66. The zero-order valence-electron chi connectivity index (χ0n) is 12.4. The van der Waals surface area contributed by atoms with Gasteiger partial charge >= 0.3 is 0 Å². The monoisotopic (exact) mass is 278 g/mol. The Morgan fingerprint density at radius 3 is 2.26 bits per heavy atom. The zero-order valence-corrected chi connectivity index (χ0v) is 13.2. The van der Waals surface area contributed by atoms with Gasteiger partial charge < -0.3 is 0 Å². The van der Waals surface area contributed by atoms with E-state index in [1.165, 1.54) is 56.9 Å². The van der Waals surface area contributed by atoms with Crippen molar-refractivity contribution in [1.29, 1.82) is 0 Å². The first-order valence-corrected chi connectivity index (χ1v) is 8.26. The highest BCUT2D eigenvalue weighted by Gasteiger charge is 2.33. The van der Waals surface area contributed by atoms with Crippen LogP contribution >= 0.6 is 11.6 Å². The van der Waals surface area contributed by atoms with Crippen LogP contribution in [-0.4, -0.2) is 0 Å². The van der Waals surface area contributed by atoms with Crippen molar-refractivity contribution >= 4 is 11.6 Å². The molecule has 0 unspecified atom stereocenters. The molecular formula is C18H27Cl. The topological polar surface area (TPSA) is 0 Å². The third-order valence-electron chi connectivity index (χ3n) is 4.70. The van der Waals surface area contributed by atoms with Crippen molar-refractivity contribution < 1.29 is 0 Å². The second-order valence-electron chi connectivity index (χ2n) is 6.63. The average Bonchev–Trinajstić information content (AvgIpc) is 2.40. The molecule has 1 saturated carbocycles. The standard InChI is InChI=1S/C18H27Cl/c1-15(2)7-6-14-18(12-4-3-5-13-18)16-8-10-17(19)11-9-16/h8-11,15H,3-7,12-14H2,1-2H3. The molecule has 0 spiro atoms. The zero-order chi connectivity index (χ0) is 13.7. The summed E-state index contributed by atoms with van der Waals surface area (Å²) in [4.78, 5) is 0. The number of benzene rings is 1. The first kappa shape index (κ1) is 14.9. The molecule has 1 aliphatic rings. The molecule has 0 nitrogen and oxygen atoms in total. The second kappa shape index (κ2) is 6.79.